The van der Waals surface area contributed by atoms with Crippen LogP contribution in [0.2, 0.25) is 0 Å². The highest BCUT2D eigenvalue weighted by atomic mass is 15.2. The maximum absolute atomic E-state index is 2.50. The van der Waals surface area contributed by atoms with Crippen LogP contribution in [0, 0.1) is 0 Å². The molecule has 0 heterocycles. The highest BCUT2D eigenvalue weighted by molar-refractivity contribution is 6.12. The molecule has 0 aliphatic carbocycles. The van der Waals surface area contributed by atoms with E-state index in [0.29, 0.717) is 0 Å². The third-order valence-electron chi connectivity index (χ3n) is 12.8. The summed E-state index contributed by atoms with van der Waals surface area (Å²) in [5.41, 5.74) is 11.3. The van der Waals surface area contributed by atoms with Gasteiger partial charge in [0.1, 0.15) is 0 Å². The largest absolute Gasteiger partial charge is 0.309 e. The van der Waals surface area contributed by atoms with Crippen molar-refractivity contribution in [3.05, 3.63) is 255 Å². The predicted molar refractivity (Wildman–Crippen MR) is 274 cm³/mol. The minimum Gasteiger partial charge on any atom is -0.309 e. The average molecular weight is 815 g/mol. The number of hydrogen-bond acceptors (Lipinski definition) is 2. The predicted octanol–water partition coefficient (Wildman–Crippen LogP) is 17.7. The van der Waals surface area contributed by atoms with Crippen LogP contribution >= 0.6 is 0 Å². The zero-order valence-corrected chi connectivity index (χ0v) is 35.1. The Hall–Kier alpha value is -8.46. The minimum atomic E-state index is 1.10. The molecule has 0 atom stereocenters. The zero-order valence-electron chi connectivity index (χ0n) is 35.1. The number of fused-ring (bicyclic) bond motifs is 5. The molecule has 0 aliphatic rings. The molecular weight excluding hydrogens is 773 g/mol. The Kier molecular flexibility index (Phi) is 9.20. The molecule has 0 radical (unpaired) electrons. The van der Waals surface area contributed by atoms with Crippen molar-refractivity contribution in [3.63, 3.8) is 0 Å². The summed E-state index contributed by atoms with van der Waals surface area (Å²) in [5, 5.41) is 11.9. The fourth-order valence-corrected chi connectivity index (χ4v) is 9.79. The lowest BCUT2D eigenvalue weighted by molar-refractivity contribution is 1.31. The Morgan fingerprint density at radius 2 is 0.453 bits per heavy atom. The van der Waals surface area contributed by atoms with Gasteiger partial charge in [-0.3, -0.25) is 0 Å². The lowest BCUT2D eigenvalue weighted by Gasteiger charge is -2.32. The van der Waals surface area contributed by atoms with E-state index >= 15 is 0 Å². The molecule has 0 unspecified atom stereocenters. The van der Waals surface area contributed by atoms with E-state index in [1.54, 1.807) is 0 Å². The van der Waals surface area contributed by atoms with Gasteiger partial charge < -0.3 is 9.80 Å². The van der Waals surface area contributed by atoms with Crippen molar-refractivity contribution in [1.82, 2.24) is 0 Å². The number of hydrogen-bond donors (Lipinski definition) is 0. The van der Waals surface area contributed by atoms with Crippen molar-refractivity contribution in [2.45, 2.75) is 0 Å². The van der Waals surface area contributed by atoms with Gasteiger partial charge in [-0.1, -0.05) is 206 Å². The summed E-state index contributed by atoms with van der Waals surface area (Å²) in [6.07, 6.45) is 0. The van der Waals surface area contributed by atoms with Gasteiger partial charge in [0.05, 0.1) is 34.1 Å². The van der Waals surface area contributed by atoms with Crippen LogP contribution in [0.5, 0.6) is 0 Å². The lowest BCUT2D eigenvalue weighted by Crippen LogP contribution is -2.13. The van der Waals surface area contributed by atoms with E-state index in [-0.39, 0.29) is 0 Å². The Bertz CT molecular complexity index is 3270. The van der Waals surface area contributed by atoms with E-state index in [1.807, 2.05) is 0 Å². The van der Waals surface area contributed by atoms with Crippen molar-refractivity contribution in [3.8, 4) is 22.3 Å². The van der Waals surface area contributed by atoms with E-state index in [9.17, 15) is 0 Å². The summed E-state index contributed by atoms with van der Waals surface area (Å²) >= 11 is 0. The van der Waals surface area contributed by atoms with Crippen LogP contribution in [0.4, 0.5) is 34.1 Å². The summed E-state index contributed by atoms with van der Waals surface area (Å²) in [7, 11) is 0. The molecule has 0 saturated heterocycles. The maximum Gasteiger partial charge on any atom is 0.0546 e. The second-order valence-corrected chi connectivity index (χ2v) is 16.5. The van der Waals surface area contributed by atoms with E-state index in [2.05, 4.69) is 265 Å². The third-order valence-corrected chi connectivity index (χ3v) is 12.8. The molecule has 0 bridgehead atoms. The molecule has 0 saturated carbocycles. The Morgan fingerprint density at radius 1 is 0.188 bits per heavy atom. The highest BCUT2D eigenvalue weighted by Crippen LogP contribution is 2.51. The van der Waals surface area contributed by atoms with Crippen LogP contribution in [-0.4, -0.2) is 0 Å². The normalized spacial score (nSPS) is 11.4. The van der Waals surface area contributed by atoms with E-state index < -0.39 is 0 Å². The van der Waals surface area contributed by atoms with Gasteiger partial charge in [-0.05, 0) is 92.0 Å². The fraction of sp³-hybridized carbons (Fsp3) is 0. The van der Waals surface area contributed by atoms with Gasteiger partial charge in [-0.15, -0.1) is 0 Å². The highest BCUT2D eigenvalue weighted by Gasteiger charge is 2.25. The third kappa shape index (κ3) is 6.44. The Balaban J connectivity index is 1.22. The standard InChI is InChI=1S/C62H42N2/c1-3-19-47(20-4-1)55-39-49-40-56(48-21-5-2-6-22-48)62(64(59-37-17-29-45-25-9-13-33-53(45)59)60-38-18-30-46-26-10-14-34-54(46)60)42-50(49)41-61(55)63(57-35-15-27-43-23-7-11-31-51(43)57)58-36-16-28-44-24-8-12-32-52(44)58/h1-42H. The summed E-state index contributed by atoms with van der Waals surface area (Å²) in [6.45, 7) is 0. The van der Waals surface area contributed by atoms with E-state index in [0.717, 1.165) is 67.2 Å². The van der Waals surface area contributed by atoms with Crippen molar-refractivity contribution >= 4 is 88.0 Å². The minimum absolute atomic E-state index is 1.10. The molecule has 0 fully saturated rings. The zero-order chi connectivity index (χ0) is 42.4. The van der Waals surface area contributed by atoms with Gasteiger partial charge in [0, 0.05) is 32.7 Å². The first-order valence-corrected chi connectivity index (χ1v) is 22.0. The SMILES string of the molecule is c1ccc(-c2cc3cc(-c4ccccc4)c(N(c4cccc5ccccc45)c4cccc5ccccc45)cc3cc2N(c2cccc3ccccc23)c2cccc3ccccc23)cc1. The molecule has 2 heteroatoms. The van der Waals surface area contributed by atoms with Crippen LogP contribution in [-0.2, 0) is 0 Å². The maximum atomic E-state index is 2.50. The molecule has 0 aliphatic heterocycles. The summed E-state index contributed by atoms with van der Waals surface area (Å²) in [5.74, 6) is 0. The molecule has 12 aromatic carbocycles. The molecule has 64 heavy (non-hydrogen) atoms. The first-order valence-electron chi connectivity index (χ1n) is 22.0. The number of nitrogens with zero attached hydrogens (tertiary/aromatic N) is 2. The van der Waals surface area contributed by atoms with Crippen molar-refractivity contribution in [2.75, 3.05) is 9.80 Å². The Labute approximate surface area is 373 Å². The molecule has 12 aromatic rings. The van der Waals surface area contributed by atoms with Crippen molar-refractivity contribution < 1.29 is 0 Å². The first kappa shape index (κ1) is 37.3. The topological polar surface area (TPSA) is 6.48 Å². The summed E-state index contributed by atoms with van der Waals surface area (Å²) in [6, 6.07) is 93.1. The quantitative estimate of drug-likeness (QED) is 0.151. The molecular formula is C62H42N2. The second kappa shape index (κ2) is 15.8. The fourth-order valence-electron chi connectivity index (χ4n) is 9.79. The molecule has 300 valence electrons. The molecule has 0 N–H and O–H groups in total. The van der Waals surface area contributed by atoms with Crippen molar-refractivity contribution in [2.24, 2.45) is 0 Å². The van der Waals surface area contributed by atoms with E-state index in [4.69, 9.17) is 0 Å². The Morgan fingerprint density at radius 3 is 0.781 bits per heavy atom. The second-order valence-electron chi connectivity index (χ2n) is 16.5. The van der Waals surface area contributed by atoms with Gasteiger partial charge in [-0.2, -0.15) is 0 Å². The average Bonchev–Trinajstić information content (AvgIpc) is 3.37. The monoisotopic (exact) mass is 814 g/mol. The van der Waals surface area contributed by atoms with E-state index in [1.165, 1.54) is 43.1 Å². The van der Waals surface area contributed by atoms with Crippen LogP contribution in [0.25, 0.3) is 76.1 Å². The number of benzene rings is 12. The van der Waals surface area contributed by atoms with Gasteiger partial charge in [0.15, 0.2) is 0 Å². The molecule has 0 amide bonds. The van der Waals surface area contributed by atoms with Crippen LogP contribution < -0.4 is 9.80 Å². The van der Waals surface area contributed by atoms with Crippen molar-refractivity contribution in [1.29, 1.82) is 0 Å². The van der Waals surface area contributed by atoms with Gasteiger partial charge in [0.2, 0.25) is 0 Å². The van der Waals surface area contributed by atoms with Gasteiger partial charge in [0.25, 0.3) is 0 Å². The first-order chi connectivity index (χ1) is 31.8. The van der Waals surface area contributed by atoms with Gasteiger partial charge in [-0.25, -0.2) is 0 Å². The van der Waals surface area contributed by atoms with Crippen LogP contribution in [0.3, 0.4) is 0 Å². The van der Waals surface area contributed by atoms with Crippen LogP contribution in [0.15, 0.2) is 255 Å². The smallest absolute Gasteiger partial charge is 0.0546 e. The number of anilines is 6. The number of rotatable bonds is 8. The van der Waals surface area contributed by atoms with Gasteiger partial charge >= 0.3 is 0 Å². The van der Waals surface area contributed by atoms with Crippen LogP contribution in [0.1, 0.15) is 0 Å². The molecule has 0 spiro atoms. The molecule has 12 rings (SSSR count). The lowest BCUT2D eigenvalue weighted by atomic mass is 9.92. The molecule has 0 aromatic heterocycles. The summed E-state index contributed by atoms with van der Waals surface area (Å²) in [4.78, 5) is 5.01. The molecule has 2 nitrogen and oxygen atoms in total. The summed E-state index contributed by atoms with van der Waals surface area (Å²) < 4.78 is 0.